The second-order valence-electron chi connectivity index (χ2n) is 6.24. The normalized spacial score (nSPS) is 10.1. The van der Waals surface area contributed by atoms with Crippen molar-refractivity contribution in [2.24, 2.45) is 0 Å². The van der Waals surface area contributed by atoms with Crippen molar-refractivity contribution in [2.75, 3.05) is 26.1 Å². The molecule has 6 heteroatoms. The molecular weight excluding hydrogens is 368 g/mol. The molecule has 3 aromatic rings. The molecular formula is C23H22N2O4. The zero-order valence-electron chi connectivity index (χ0n) is 16.3. The Kier molecular flexibility index (Phi) is 6.47. The van der Waals surface area contributed by atoms with E-state index in [1.165, 1.54) is 0 Å². The fraction of sp³-hybridized carbons (Fsp3) is 0.130. The number of hydrogen-bond donors (Lipinski definition) is 2. The van der Waals surface area contributed by atoms with E-state index in [9.17, 15) is 9.59 Å². The number of carbonyl (C=O) groups is 2. The van der Waals surface area contributed by atoms with Gasteiger partial charge in [-0.25, -0.2) is 0 Å². The number of nitrogens with one attached hydrogen (secondary N) is 2. The van der Waals surface area contributed by atoms with Crippen LogP contribution in [0.1, 0.15) is 10.4 Å². The third-order valence-electron chi connectivity index (χ3n) is 4.33. The van der Waals surface area contributed by atoms with Gasteiger partial charge in [-0.15, -0.1) is 0 Å². The molecule has 0 saturated carbocycles. The number of anilines is 1. The molecule has 29 heavy (non-hydrogen) atoms. The van der Waals surface area contributed by atoms with E-state index < -0.39 is 0 Å². The number of benzene rings is 3. The molecule has 2 N–H and O–H groups in total. The Morgan fingerprint density at radius 2 is 1.59 bits per heavy atom. The van der Waals surface area contributed by atoms with Crippen molar-refractivity contribution in [1.82, 2.24) is 5.32 Å². The summed E-state index contributed by atoms with van der Waals surface area (Å²) in [5.74, 6) is 0.825. The highest BCUT2D eigenvalue weighted by Gasteiger charge is 2.11. The average Bonchev–Trinajstić information content (AvgIpc) is 2.78. The summed E-state index contributed by atoms with van der Waals surface area (Å²) in [6.45, 7) is -0.127. The van der Waals surface area contributed by atoms with Crippen LogP contribution < -0.4 is 20.1 Å². The number of rotatable bonds is 7. The molecule has 0 fully saturated rings. The number of ether oxygens (including phenoxy) is 2. The number of methoxy groups -OCH3 is 2. The molecule has 0 radical (unpaired) electrons. The Balaban J connectivity index is 1.68. The molecule has 3 rings (SSSR count). The van der Waals surface area contributed by atoms with Crippen LogP contribution in [0, 0.1) is 0 Å². The molecule has 6 nitrogen and oxygen atoms in total. The molecule has 3 aromatic carbocycles. The fourth-order valence-corrected chi connectivity index (χ4v) is 2.84. The van der Waals surface area contributed by atoms with Crippen molar-refractivity contribution in [3.05, 3.63) is 78.4 Å². The van der Waals surface area contributed by atoms with E-state index in [0.29, 0.717) is 17.0 Å². The molecule has 0 bridgehead atoms. The molecule has 2 amide bonds. The summed E-state index contributed by atoms with van der Waals surface area (Å²) in [5.41, 5.74) is 2.87. The first-order valence-electron chi connectivity index (χ1n) is 9.06. The van der Waals surface area contributed by atoms with Crippen molar-refractivity contribution in [1.29, 1.82) is 0 Å². The summed E-state index contributed by atoms with van der Waals surface area (Å²) in [7, 11) is 3.21. The van der Waals surface area contributed by atoms with E-state index in [1.54, 1.807) is 50.6 Å². The molecule has 0 unspecified atom stereocenters. The van der Waals surface area contributed by atoms with Crippen LogP contribution in [-0.4, -0.2) is 32.6 Å². The van der Waals surface area contributed by atoms with Gasteiger partial charge < -0.3 is 20.1 Å². The molecule has 0 saturated heterocycles. The first kappa shape index (κ1) is 19.9. The SMILES string of the molecule is COc1ccc(-c2cc(NC(=O)CNC(=O)c3ccccc3)ccc2OC)cc1. The van der Waals surface area contributed by atoms with Crippen molar-refractivity contribution in [3.63, 3.8) is 0 Å². The summed E-state index contributed by atoms with van der Waals surface area (Å²) < 4.78 is 10.6. The molecule has 0 aliphatic carbocycles. The van der Waals surface area contributed by atoms with Crippen LogP contribution in [0.5, 0.6) is 11.5 Å². The largest absolute Gasteiger partial charge is 0.497 e. The third-order valence-corrected chi connectivity index (χ3v) is 4.33. The molecule has 0 atom stereocenters. The number of carbonyl (C=O) groups excluding carboxylic acids is 2. The Morgan fingerprint density at radius 3 is 2.24 bits per heavy atom. The topological polar surface area (TPSA) is 76.7 Å². The lowest BCUT2D eigenvalue weighted by Crippen LogP contribution is -2.32. The highest BCUT2D eigenvalue weighted by Crippen LogP contribution is 2.33. The molecule has 148 valence electrons. The summed E-state index contributed by atoms with van der Waals surface area (Å²) in [4.78, 5) is 24.3. The van der Waals surface area contributed by atoms with E-state index in [4.69, 9.17) is 9.47 Å². The van der Waals surface area contributed by atoms with Crippen molar-refractivity contribution in [2.45, 2.75) is 0 Å². The minimum Gasteiger partial charge on any atom is -0.497 e. The molecule has 0 spiro atoms. The van der Waals surface area contributed by atoms with Crippen LogP contribution >= 0.6 is 0 Å². The highest BCUT2D eigenvalue weighted by atomic mass is 16.5. The van der Waals surface area contributed by atoms with Crippen LogP contribution in [0.4, 0.5) is 5.69 Å². The third kappa shape index (κ3) is 5.13. The van der Waals surface area contributed by atoms with E-state index in [2.05, 4.69) is 10.6 Å². The molecule has 0 heterocycles. The summed E-state index contributed by atoms with van der Waals surface area (Å²) in [6.07, 6.45) is 0. The van der Waals surface area contributed by atoms with Crippen LogP contribution in [0.25, 0.3) is 11.1 Å². The monoisotopic (exact) mass is 390 g/mol. The minimum absolute atomic E-state index is 0.127. The van der Waals surface area contributed by atoms with Gasteiger partial charge in [0.2, 0.25) is 5.91 Å². The van der Waals surface area contributed by atoms with Crippen molar-refractivity contribution < 1.29 is 19.1 Å². The Hall–Kier alpha value is -3.80. The standard InChI is InChI=1S/C23H22N2O4/c1-28-19-11-8-16(9-12-19)20-14-18(10-13-21(20)29-2)25-22(26)15-24-23(27)17-6-4-3-5-7-17/h3-14H,15H2,1-2H3,(H,24,27)(H,25,26). The van der Waals surface area contributed by atoms with Crippen LogP contribution in [0.3, 0.4) is 0 Å². The van der Waals surface area contributed by atoms with Gasteiger partial charge in [0.15, 0.2) is 0 Å². The number of hydrogen-bond acceptors (Lipinski definition) is 4. The zero-order chi connectivity index (χ0) is 20.6. The molecule has 0 aliphatic heterocycles. The maximum atomic E-state index is 12.3. The highest BCUT2D eigenvalue weighted by molar-refractivity contribution is 5.99. The predicted molar refractivity (Wildman–Crippen MR) is 112 cm³/mol. The Labute approximate surface area is 169 Å². The maximum absolute atomic E-state index is 12.3. The average molecular weight is 390 g/mol. The summed E-state index contributed by atoms with van der Waals surface area (Å²) in [6, 6.07) is 21.7. The van der Waals surface area contributed by atoms with Gasteiger partial charge in [0.1, 0.15) is 11.5 Å². The molecule has 0 aromatic heterocycles. The van der Waals surface area contributed by atoms with Crippen LogP contribution in [0.2, 0.25) is 0 Å². The Morgan fingerprint density at radius 1 is 0.862 bits per heavy atom. The van der Waals surface area contributed by atoms with E-state index in [-0.39, 0.29) is 18.4 Å². The lowest BCUT2D eigenvalue weighted by molar-refractivity contribution is -0.115. The van der Waals surface area contributed by atoms with E-state index in [1.807, 2.05) is 36.4 Å². The van der Waals surface area contributed by atoms with Crippen LogP contribution in [-0.2, 0) is 4.79 Å². The van der Waals surface area contributed by atoms with Gasteiger partial charge in [-0.1, -0.05) is 30.3 Å². The van der Waals surface area contributed by atoms with Gasteiger partial charge in [0, 0.05) is 16.8 Å². The minimum atomic E-state index is -0.319. The summed E-state index contributed by atoms with van der Waals surface area (Å²) >= 11 is 0. The molecule has 0 aliphatic rings. The number of amides is 2. The lowest BCUT2D eigenvalue weighted by atomic mass is 10.0. The smallest absolute Gasteiger partial charge is 0.251 e. The zero-order valence-corrected chi connectivity index (χ0v) is 16.3. The van der Waals surface area contributed by atoms with Gasteiger partial charge in [-0.2, -0.15) is 0 Å². The second-order valence-corrected chi connectivity index (χ2v) is 6.24. The Bertz CT molecular complexity index is 986. The summed E-state index contributed by atoms with van der Waals surface area (Å²) in [5, 5.41) is 5.41. The predicted octanol–water partition coefficient (Wildman–Crippen LogP) is 3.74. The first-order chi connectivity index (χ1) is 14.1. The fourth-order valence-electron chi connectivity index (χ4n) is 2.84. The van der Waals surface area contributed by atoms with Gasteiger partial charge in [0.05, 0.1) is 20.8 Å². The van der Waals surface area contributed by atoms with E-state index in [0.717, 1.165) is 16.9 Å². The van der Waals surface area contributed by atoms with Gasteiger partial charge >= 0.3 is 0 Å². The van der Waals surface area contributed by atoms with Gasteiger partial charge in [-0.05, 0) is 48.0 Å². The first-order valence-corrected chi connectivity index (χ1v) is 9.06. The maximum Gasteiger partial charge on any atom is 0.251 e. The van der Waals surface area contributed by atoms with Crippen molar-refractivity contribution >= 4 is 17.5 Å². The van der Waals surface area contributed by atoms with Gasteiger partial charge in [-0.3, -0.25) is 9.59 Å². The quantitative estimate of drug-likeness (QED) is 0.644. The van der Waals surface area contributed by atoms with E-state index >= 15 is 0 Å². The second kappa shape index (κ2) is 9.41. The van der Waals surface area contributed by atoms with Gasteiger partial charge in [0.25, 0.3) is 5.91 Å². The van der Waals surface area contributed by atoms with Crippen LogP contribution in [0.15, 0.2) is 72.8 Å². The van der Waals surface area contributed by atoms with Crippen molar-refractivity contribution in [3.8, 4) is 22.6 Å². The lowest BCUT2D eigenvalue weighted by Gasteiger charge is -2.13.